The number of carbonyl (C=O) groups excluding carboxylic acids is 2. The van der Waals surface area contributed by atoms with Gasteiger partial charge >= 0.3 is 0 Å². The summed E-state index contributed by atoms with van der Waals surface area (Å²) in [6.07, 6.45) is 1.35. The Labute approximate surface area is 132 Å². The van der Waals surface area contributed by atoms with Gasteiger partial charge in [-0.15, -0.1) is 0 Å². The summed E-state index contributed by atoms with van der Waals surface area (Å²) in [4.78, 5) is 28.9. The van der Waals surface area contributed by atoms with Crippen LogP contribution >= 0.6 is 0 Å². The highest BCUT2D eigenvalue weighted by Crippen LogP contribution is 2.20. The maximum absolute atomic E-state index is 12.3. The van der Waals surface area contributed by atoms with Crippen molar-refractivity contribution in [1.82, 2.24) is 19.7 Å². The third-order valence-electron chi connectivity index (χ3n) is 3.75. The second-order valence-electron chi connectivity index (χ2n) is 5.49. The number of hydrogen-bond acceptors (Lipinski definition) is 5. The molecule has 2 N–H and O–H groups in total. The van der Waals surface area contributed by atoms with E-state index in [0.29, 0.717) is 24.5 Å². The highest BCUT2D eigenvalue weighted by Gasteiger charge is 2.34. The molecule has 0 aliphatic carbocycles. The molecule has 0 saturated carbocycles. The molecule has 1 fully saturated rings. The smallest absolute Gasteiger partial charge is 0.274 e. The van der Waals surface area contributed by atoms with E-state index >= 15 is 0 Å². The molecule has 1 aliphatic rings. The molecule has 8 nitrogen and oxygen atoms in total. The molecule has 1 saturated heterocycles. The standard InChI is InChI=1S/C15H17N5O3/c1-9-5-13(18-19(9)2)15(22)20-7-11(8-20)23-10-3-4-17-12(6-10)14(16)21/h3-6,11H,7-8H2,1-2H3,(H2,16,21). The van der Waals surface area contributed by atoms with Gasteiger partial charge in [0.25, 0.3) is 11.8 Å². The van der Waals surface area contributed by atoms with E-state index in [1.807, 2.05) is 6.92 Å². The molecule has 0 atom stereocenters. The second-order valence-corrected chi connectivity index (χ2v) is 5.49. The zero-order chi connectivity index (χ0) is 16.6. The quantitative estimate of drug-likeness (QED) is 0.863. The highest BCUT2D eigenvalue weighted by molar-refractivity contribution is 5.93. The van der Waals surface area contributed by atoms with E-state index in [-0.39, 0.29) is 17.7 Å². The van der Waals surface area contributed by atoms with Gasteiger partial charge in [0, 0.05) is 25.0 Å². The van der Waals surface area contributed by atoms with Crippen LogP contribution in [0.2, 0.25) is 0 Å². The topological polar surface area (TPSA) is 103 Å². The SMILES string of the molecule is Cc1cc(C(=O)N2CC(Oc3ccnc(C(N)=O)c3)C2)nn1C. The molecule has 0 radical (unpaired) electrons. The normalized spacial score (nSPS) is 14.4. The maximum Gasteiger partial charge on any atom is 0.274 e. The number of likely N-dealkylation sites (tertiary alicyclic amines) is 1. The number of aryl methyl sites for hydroxylation is 2. The summed E-state index contributed by atoms with van der Waals surface area (Å²) >= 11 is 0. The molecule has 0 spiro atoms. The Hall–Kier alpha value is -2.90. The Morgan fingerprint density at radius 3 is 2.65 bits per heavy atom. The first-order valence-electron chi connectivity index (χ1n) is 7.16. The molecular formula is C15H17N5O3. The third-order valence-corrected chi connectivity index (χ3v) is 3.75. The van der Waals surface area contributed by atoms with Crippen molar-refractivity contribution in [2.75, 3.05) is 13.1 Å². The lowest BCUT2D eigenvalue weighted by Gasteiger charge is -2.38. The lowest BCUT2D eigenvalue weighted by atomic mass is 10.1. The van der Waals surface area contributed by atoms with E-state index < -0.39 is 5.91 Å². The number of primary amides is 1. The van der Waals surface area contributed by atoms with E-state index in [1.54, 1.807) is 28.8 Å². The summed E-state index contributed by atoms with van der Waals surface area (Å²) in [6.45, 7) is 2.84. The van der Waals surface area contributed by atoms with Gasteiger partial charge in [0.2, 0.25) is 0 Å². The van der Waals surface area contributed by atoms with Gasteiger partial charge < -0.3 is 15.4 Å². The summed E-state index contributed by atoms with van der Waals surface area (Å²) in [5.74, 6) is -0.202. The largest absolute Gasteiger partial charge is 0.487 e. The number of nitrogens with two attached hydrogens (primary N) is 1. The van der Waals surface area contributed by atoms with E-state index in [4.69, 9.17) is 10.5 Å². The summed E-state index contributed by atoms with van der Waals surface area (Å²) in [5, 5.41) is 4.18. The summed E-state index contributed by atoms with van der Waals surface area (Å²) in [5.41, 5.74) is 6.69. The highest BCUT2D eigenvalue weighted by atomic mass is 16.5. The van der Waals surface area contributed by atoms with Crippen molar-refractivity contribution in [2.24, 2.45) is 12.8 Å². The van der Waals surface area contributed by atoms with Crippen molar-refractivity contribution in [3.63, 3.8) is 0 Å². The molecule has 23 heavy (non-hydrogen) atoms. The predicted molar refractivity (Wildman–Crippen MR) is 81.0 cm³/mol. The van der Waals surface area contributed by atoms with Gasteiger partial charge in [-0.25, -0.2) is 0 Å². The van der Waals surface area contributed by atoms with Gasteiger partial charge in [-0.05, 0) is 19.1 Å². The minimum atomic E-state index is -0.605. The van der Waals surface area contributed by atoms with Gasteiger partial charge in [-0.2, -0.15) is 5.10 Å². The average molecular weight is 315 g/mol. The number of ether oxygens (including phenoxy) is 1. The third kappa shape index (κ3) is 3.01. The molecule has 2 aromatic rings. The lowest BCUT2D eigenvalue weighted by molar-refractivity contribution is 0.0172. The molecule has 2 aromatic heterocycles. The van der Waals surface area contributed by atoms with Crippen LogP contribution in [-0.2, 0) is 7.05 Å². The Morgan fingerprint density at radius 2 is 2.04 bits per heavy atom. The van der Waals surface area contributed by atoms with Gasteiger partial charge in [0.05, 0.1) is 13.1 Å². The van der Waals surface area contributed by atoms with Gasteiger partial charge in [0.15, 0.2) is 5.69 Å². The van der Waals surface area contributed by atoms with E-state index in [2.05, 4.69) is 10.1 Å². The van der Waals surface area contributed by atoms with E-state index in [9.17, 15) is 9.59 Å². The first-order valence-corrected chi connectivity index (χ1v) is 7.16. The molecule has 3 rings (SSSR count). The average Bonchev–Trinajstić information content (AvgIpc) is 2.82. The lowest BCUT2D eigenvalue weighted by Crippen LogP contribution is -2.56. The van der Waals surface area contributed by atoms with Crippen molar-refractivity contribution in [3.05, 3.63) is 41.5 Å². The zero-order valence-electron chi connectivity index (χ0n) is 12.9. The van der Waals surface area contributed by atoms with Crippen molar-refractivity contribution in [3.8, 4) is 5.75 Å². The molecular weight excluding hydrogens is 298 g/mol. The van der Waals surface area contributed by atoms with Crippen LogP contribution in [0.5, 0.6) is 5.75 Å². The summed E-state index contributed by atoms with van der Waals surface area (Å²) < 4.78 is 7.39. The van der Waals surface area contributed by atoms with Crippen LogP contribution in [0.1, 0.15) is 26.7 Å². The Bertz CT molecular complexity index is 745. The molecule has 0 unspecified atom stereocenters. The maximum atomic E-state index is 12.3. The number of amides is 2. The number of hydrogen-bond donors (Lipinski definition) is 1. The summed E-state index contributed by atoms with van der Waals surface area (Å²) in [7, 11) is 1.80. The molecule has 1 aliphatic heterocycles. The monoisotopic (exact) mass is 315 g/mol. The van der Waals surface area contributed by atoms with Crippen LogP contribution in [0, 0.1) is 6.92 Å². The van der Waals surface area contributed by atoms with Crippen molar-refractivity contribution in [2.45, 2.75) is 13.0 Å². The predicted octanol–water partition coefficient (Wildman–Crippen LogP) is 0.126. The Kier molecular flexibility index (Phi) is 3.73. The Morgan fingerprint density at radius 1 is 1.30 bits per heavy atom. The van der Waals surface area contributed by atoms with E-state index in [1.165, 1.54) is 12.3 Å². The van der Waals surface area contributed by atoms with Crippen LogP contribution in [0.4, 0.5) is 0 Å². The van der Waals surface area contributed by atoms with E-state index in [0.717, 1.165) is 5.69 Å². The van der Waals surface area contributed by atoms with Crippen LogP contribution in [0.25, 0.3) is 0 Å². The molecule has 8 heteroatoms. The van der Waals surface area contributed by atoms with Gasteiger partial charge in [0.1, 0.15) is 17.5 Å². The van der Waals surface area contributed by atoms with Crippen LogP contribution in [0.15, 0.2) is 24.4 Å². The number of carbonyl (C=O) groups is 2. The number of aromatic nitrogens is 3. The molecule has 120 valence electrons. The second kappa shape index (κ2) is 5.71. The minimum absolute atomic E-state index is 0.110. The first-order chi connectivity index (χ1) is 10.9. The van der Waals surface area contributed by atoms with Crippen molar-refractivity contribution in [1.29, 1.82) is 0 Å². The van der Waals surface area contributed by atoms with Crippen LogP contribution in [-0.4, -0.2) is 50.7 Å². The molecule has 2 amide bonds. The van der Waals surface area contributed by atoms with Crippen LogP contribution < -0.4 is 10.5 Å². The van der Waals surface area contributed by atoms with Gasteiger partial charge in [-0.3, -0.25) is 19.3 Å². The molecule has 0 aromatic carbocycles. The number of pyridine rings is 1. The van der Waals surface area contributed by atoms with Gasteiger partial charge in [-0.1, -0.05) is 0 Å². The zero-order valence-corrected chi connectivity index (χ0v) is 12.9. The van der Waals surface area contributed by atoms with Crippen LogP contribution in [0.3, 0.4) is 0 Å². The fourth-order valence-corrected chi connectivity index (χ4v) is 2.32. The fraction of sp³-hybridized carbons (Fsp3) is 0.333. The molecule has 3 heterocycles. The first kappa shape index (κ1) is 15.0. The van der Waals surface area contributed by atoms with Crippen molar-refractivity contribution >= 4 is 11.8 Å². The molecule has 0 bridgehead atoms. The number of rotatable bonds is 4. The summed E-state index contributed by atoms with van der Waals surface area (Å²) in [6, 6.07) is 4.91. The van der Waals surface area contributed by atoms with Crippen molar-refractivity contribution < 1.29 is 14.3 Å². The minimum Gasteiger partial charge on any atom is -0.487 e. The number of nitrogens with zero attached hydrogens (tertiary/aromatic N) is 4. The Balaban J connectivity index is 1.58. The fourth-order valence-electron chi connectivity index (χ4n) is 2.32.